The lowest BCUT2D eigenvalue weighted by molar-refractivity contribution is 0.242. The summed E-state index contributed by atoms with van der Waals surface area (Å²) in [5.41, 5.74) is 5.47. The van der Waals surface area contributed by atoms with Gasteiger partial charge in [0, 0.05) is 60.2 Å². The summed E-state index contributed by atoms with van der Waals surface area (Å²) in [7, 11) is 1.68. The maximum absolute atomic E-state index is 5.23. The molecule has 5 rings (SSSR count). The topological polar surface area (TPSA) is 64.0 Å². The predicted molar refractivity (Wildman–Crippen MR) is 117 cm³/mol. The van der Waals surface area contributed by atoms with Gasteiger partial charge in [-0.05, 0) is 36.4 Å². The summed E-state index contributed by atoms with van der Waals surface area (Å²) in [6.45, 7) is 2.66. The van der Waals surface area contributed by atoms with Gasteiger partial charge < -0.3 is 4.74 Å². The van der Waals surface area contributed by atoms with Gasteiger partial charge in [0.05, 0.1) is 25.0 Å². The van der Waals surface area contributed by atoms with Crippen molar-refractivity contribution in [3.8, 4) is 28.4 Å². The first-order valence-corrected chi connectivity index (χ1v) is 10.7. The summed E-state index contributed by atoms with van der Waals surface area (Å²) < 4.78 is 5.23. The summed E-state index contributed by atoms with van der Waals surface area (Å²) in [5, 5.41) is 3.25. The molecule has 3 aromatic heterocycles. The average Bonchev–Trinajstić information content (AvgIpc) is 3.28. The standard InChI is InChI=1S/C23H21N5OS/c1-29-19-4-2-16(3-5-19)21-15-30-22(26-21)14-28-11-8-20-18(13-28)12-25-23(27-20)17-6-9-24-10-7-17/h2-7,9-10,12,15H,8,11,13-14H2,1H3. The Morgan fingerprint density at radius 3 is 2.67 bits per heavy atom. The number of nitrogens with zero attached hydrogens (tertiary/aromatic N) is 5. The van der Waals surface area contributed by atoms with E-state index < -0.39 is 0 Å². The molecule has 0 saturated carbocycles. The molecule has 4 heterocycles. The lowest BCUT2D eigenvalue weighted by Gasteiger charge is -2.27. The summed E-state index contributed by atoms with van der Waals surface area (Å²) in [6, 6.07) is 11.9. The van der Waals surface area contributed by atoms with E-state index in [1.165, 1.54) is 5.56 Å². The van der Waals surface area contributed by atoms with E-state index in [4.69, 9.17) is 14.7 Å². The molecule has 6 nitrogen and oxygen atoms in total. The fourth-order valence-corrected chi connectivity index (χ4v) is 4.46. The van der Waals surface area contributed by atoms with Crippen LogP contribution in [0.5, 0.6) is 5.75 Å². The second kappa shape index (κ2) is 8.30. The molecule has 0 fully saturated rings. The summed E-state index contributed by atoms with van der Waals surface area (Å²) in [5.74, 6) is 1.63. The molecule has 0 bridgehead atoms. The predicted octanol–water partition coefficient (Wildman–Crippen LogP) is 4.23. The van der Waals surface area contributed by atoms with Gasteiger partial charge in [-0.2, -0.15) is 0 Å². The molecule has 0 spiro atoms. The molecular weight excluding hydrogens is 394 g/mol. The van der Waals surface area contributed by atoms with Crippen molar-refractivity contribution < 1.29 is 4.74 Å². The van der Waals surface area contributed by atoms with Crippen LogP contribution >= 0.6 is 11.3 Å². The van der Waals surface area contributed by atoms with E-state index in [9.17, 15) is 0 Å². The molecule has 0 aliphatic carbocycles. The van der Waals surface area contributed by atoms with Crippen molar-refractivity contribution >= 4 is 11.3 Å². The third kappa shape index (κ3) is 3.94. The minimum absolute atomic E-state index is 0.772. The van der Waals surface area contributed by atoms with Crippen molar-refractivity contribution in [1.29, 1.82) is 0 Å². The van der Waals surface area contributed by atoms with Gasteiger partial charge in [-0.3, -0.25) is 9.88 Å². The number of hydrogen-bond acceptors (Lipinski definition) is 7. The average molecular weight is 416 g/mol. The van der Waals surface area contributed by atoms with Crippen LogP contribution in [-0.2, 0) is 19.5 Å². The third-order valence-corrected chi connectivity index (χ3v) is 6.08. The molecule has 1 aromatic carbocycles. The first-order valence-electron chi connectivity index (χ1n) is 9.85. The number of fused-ring (bicyclic) bond motifs is 1. The Kier molecular flexibility index (Phi) is 5.21. The number of thiazole rings is 1. The SMILES string of the molecule is COc1ccc(-c2csc(CN3CCc4nc(-c5ccncc5)ncc4C3)n2)cc1. The molecule has 0 unspecified atom stereocenters. The van der Waals surface area contributed by atoms with Crippen molar-refractivity contribution in [3.05, 3.63) is 76.6 Å². The Morgan fingerprint density at radius 1 is 1.03 bits per heavy atom. The van der Waals surface area contributed by atoms with Gasteiger partial charge in [0.1, 0.15) is 10.8 Å². The van der Waals surface area contributed by atoms with Gasteiger partial charge in [-0.25, -0.2) is 15.0 Å². The first kappa shape index (κ1) is 18.8. The smallest absolute Gasteiger partial charge is 0.159 e. The molecule has 1 aliphatic rings. The van der Waals surface area contributed by atoms with Crippen LogP contribution in [0.15, 0.2) is 60.4 Å². The van der Waals surface area contributed by atoms with Crippen LogP contribution in [0.4, 0.5) is 0 Å². The van der Waals surface area contributed by atoms with Gasteiger partial charge in [0.25, 0.3) is 0 Å². The number of benzene rings is 1. The van der Waals surface area contributed by atoms with Gasteiger partial charge in [0.15, 0.2) is 5.82 Å². The maximum Gasteiger partial charge on any atom is 0.159 e. The Balaban J connectivity index is 1.27. The number of methoxy groups -OCH3 is 1. The van der Waals surface area contributed by atoms with Crippen LogP contribution in [0.3, 0.4) is 0 Å². The lowest BCUT2D eigenvalue weighted by atomic mass is 10.1. The van der Waals surface area contributed by atoms with Crippen LogP contribution in [0.2, 0.25) is 0 Å². The van der Waals surface area contributed by atoms with E-state index in [0.717, 1.165) is 65.2 Å². The van der Waals surface area contributed by atoms with Crippen LogP contribution in [0.25, 0.3) is 22.6 Å². The number of aromatic nitrogens is 4. The van der Waals surface area contributed by atoms with E-state index in [-0.39, 0.29) is 0 Å². The third-order valence-electron chi connectivity index (χ3n) is 5.25. The Bertz CT molecular complexity index is 1140. The minimum atomic E-state index is 0.772. The summed E-state index contributed by atoms with van der Waals surface area (Å²) >= 11 is 1.71. The molecule has 0 atom stereocenters. The van der Waals surface area contributed by atoms with Crippen molar-refractivity contribution in [1.82, 2.24) is 24.8 Å². The first-order chi connectivity index (χ1) is 14.8. The number of hydrogen-bond donors (Lipinski definition) is 0. The summed E-state index contributed by atoms with van der Waals surface area (Å²) in [6.07, 6.45) is 6.43. The van der Waals surface area contributed by atoms with E-state index in [1.54, 1.807) is 30.8 Å². The Labute approximate surface area is 179 Å². The van der Waals surface area contributed by atoms with Gasteiger partial charge in [-0.15, -0.1) is 11.3 Å². The maximum atomic E-state index is 5.23. The van der Waals surface area contributed by atoms with Crippen molar-refractivity contribution in [2.75, 3.05) is 13.7 Å². The van der Waals surface area contributed by atoms with E-state index in [0.29, 0.717) is 0 Å². The molecule has 4 aromatic rings. The molecule has 0 amide bonds. The number of rotatable bonds is 5. The zero-order chi connectivity index (χ0) is 20.3. The normalized spacial score (nSPS) is 13.8. The lowest BCUT2D eigenvalue weighted by Crippen LogP contribution is -2.30. The highest BCUT2D eigenvalue weighted by molar-refractivity contribution is 7.09. The monoisotopic (exact) mass is 415 g/mol. The van der Waals surface area contributed by atoms with Gasteiger partial charge in [-0.1, -0.05) is 0 Å². The molecule has 30 heavy (non-hydrogen) atoms. The van der Waals surface area contributed by atoms with E-state index in [1.807, 2.05) is 42.6 Å². The molecule has 150 valence electrons. The van der Waals surface area contributed by atoms with Crippen molar-refractivity contribution in [3.63, 3.8) is 0 Å². The van der Waals surface area contributed by atoms with Crippen molar-refractivity contribution in [2.45, 2.75) is 19.5 Å². The molecular formula is C23H21N5OS. The Hall–Kier alpha value is -3.16. The fourth-order valence-electron chi connectivity index (χ4n) is 3.62. The highest BCUT2D eigenvalue weighted by Crippen LogP contribution is 2.26. The highest BCUT2D eigenvalue weighted by Gasteiger charge is 2.20. The van der Waals surface area contributed by atoms with Crippen LogP contribution < -0.4 is 4.74 Å². The number of ether oxygens (including phenoxy) is 1. The molecule has 0 radical (unpaired) electrons. The fraction of sp³-hybridized carbons (Fsp3) is 0.217. The number of pyridine rings is 1. The summed E-state index contributed by atoms with van der Waals surface area (Å²) in [4.78, 5) is 20.7. The second-order valence-electron chi connectivity index (χ2n) is 7.22. The molecule has 7 heteroatoms. The van der Waals surface area contributed by atoms with E-state index >= 15 is 0 Å². The highest BCUT2D eigenvalue weighted by atomic mass is 32.1. The second-order valence-corrected chi connectivity index (χ2v) is 8.16. The molecule has 1 aliphatic heterocycles. The van der Waals surface area contributed by atoms with Crippen molar-refractivity contribution in [2.24, 2.45) is 0 Å². The molecule has 0 N–H and O–H groups in total. The Morgan fingerprint density at radius 2 is 1.87 bits per heavy atom. The zero-order valence-corrected chi connectivity index (χ0v) is 17.5. The van der Waals surface area contributed by atoms with E-state index in [2.05, 4.69) is 20.2 Å². The van der Waals surface area contributed by atoms with Gasteiger partial charge >= 0.3 is 0 Å². The van der Waals surface area contributed by atoms with Gasteiger partial charge in [0.2, 0.25) is 0 Å². The largest absolute Gasteiger partial charge is 0.497 e. The van der Waals surface area contributed by atoms with Crippen LogP contribution in [0.1, 0.15) is 16.3 Å². The van der Waals surface area contributed by atoms with Crippen LogP contribution in [-0.4, -0.2) is 38.5 Å². The minimum Gasteiger partial charge on any atom is -0.497 e. The zero-order valence-electron chi connectivity index (χ0n) is 16.7. The van der Waals surface area contributed by atoms with Crippen LogP contribution in [0, 0.1) is 0 Å². The molecule has 0 saturated heterocycles. The quantitative estimate of drug-likeness (QED) is 0.486.